The molecule has 0 aliphatic heterocycles. The Morgan fingerprint density at radius 2 is 0.541 bits per heavy atom. The minimum atomic E-state index is 0.553. The summed E-state index contributed by atoms with van der Waals surface area (Å²) in [6.45, 7) is 0. The molecule has 0 spiro atoms. The predicted octanol–water partition coefficient (Wildman–Crippen LogP) is 18.8. The summed E-state index contributed by atoms with van der Waals surface area (Å²) >= 11 is 0. The van der Waals surface area contributed by atoms with Crippen LogP contribution in [0.4, 0.5) is 0 Å². The smallest absolute Gasteiger partial charge is 0.159 e. The molecule has 85 heavy (non-hydrogen) atoms. The Bertz CT molecular complexity index is 5960. The first-order valence-electron chi connectivity index (χ1n) is 27.9. The van der Waals surface area contributed by atoms with Crippen LogP contribution in [0, 0.1) is 45.3 Å². The largest absolute Gasteiger partial charge is 0.452 e. The van der Waals surface area contributed by atoms with Gasteiger partial charge in [0.2, 0.25) is 0 Å². The molecule has 0 saturated carbocycles. The van der Waals surface area contributed by atoms with Gasteiger partial charge >= 0.3 is 0 Å². The summed E-state index contributed by atoms with van der Waals surface area (Å²) in [5.74, 6) is 0. The van der Waals surface area contributed by atoms with Crippen LogP contribution in [-0.4, -0.2) is 18.3 Å². The van der Waals surface area contributed by atoms with Gasteiger partial charge in [-0.3, -0.25) is 0 Å². The molecule has 0 aliphatic rings. The van der Waals surface area contributed by atoms with Crippen molar-refractivity contribution in [2.45, 2.75) is 0 Å². The number of hydrogen-bond donors (Lipinski definition) is 0. The van der Waals surface area contributed by atoms with Crippen molar-refractivity contribution in [2.75, 3.05) is 0 Å². The van der Waals surface area contributed by atoms with Crippen LogP contribution >= 0.6 is 0 Å². The standard InChI is InChI=1S/C76H40N8O/c77-41-45-19-25-67-57(31-45)55-15-7-9-17-65(55)81(67)53-37-63-64-38-54(82-68-26-20-47(43-79)33-59(68)61-35-51(23-29-69(61)82)49-11-3-1-4-12-49)40-73(83-66-18-10-8-16-56(66)58-32-46(42-78)21-27-70(58)83)75(64)85-76(63)74(39-53)84-71-28-22-48(44-80)34-60(71)62-36-52(24-30-72(62)84)50-13-5-2-6-14-50/h1-40H. The van der Waals surface area contributed by atoms with Crippen molar-refractivity contribution in [1.82, 2.24) is 18.3 Å². The number of aromatic nitrogens is 4. The van der Waals surface area contributed by atoms with Gasteiger partial charge in [-0.15, -0.1) is 0 Å². The maximum Gasteiger partial charge on any atom is 0.159 e. The van der Waals surface area contributed by atoms with Crippen molar-refractivity contribution in [2.24, 2.45) is 0 Å². The Labute approximate surface area is 484 Å². The number of nitriles is 4. The van der Waals surface area contributed by atoms with E-state index in [0.717, 1.165) is 143 Å². The monoisotopic (exact) mass is 1080 g/mol. The van der Waals surface area contributed by atoms with Gasteiger partial charge in [-0.2, -0.15) is 21.0 Å². The van der Waals surface area contributed by atoms with Crippen LogP contribution < -0.4 is 0 Å². The third-order valence-corrected chi connectivity index (χ3v) is 17.2. The van der Waals surface area contributed by atoms with E-state index in [4.69, 9.17) is 4.42 Å². The average Bonchev–Trinajstić information content (AvgIpc) is 1.71. The molecule has 12 aromatic carbocycles. The summed E-state index contributed by atoms with van der Waals surface area (Å²) in [6, 6.07) is 92.6. The highest BCUT2D eigenvalue weighted by atomic mass is 16.3. The van der Waals surface area contributed by atoms with Gasteiger partial charge < -0.3 is 22.7 Å². The molecule has 0 amide bonds. The molecule has 0 fully saturated rings. The van der Waals surface area contributed by atoms with Crippen molar-refractivity contribution in [3.63, 3.8) is 0 Å². The van der Waals surface area contributed by atoms with Crippen LogP contribution in [-0.2, 0) is 0 Å². The second kappa shape index (κ2) is 18.1. The first-order valence-corrected chi connectivity index (χ1v) is 27.9. The lowest BCUT2D eigenvalue weighted by Crippen LogP contribution is -2.00. The highest BCUT2D eigenvalue weighted by Gasteiger charge is 2.27. The molecule has 0 aliphatic carbocycles. The van der Waals surface area contributed by atoms with Gasteiger partial charge in [-0.25, -0.2) is 0 Å². The molecule has 0 bridgehead atoms. The summed E-state index contributed by atoms with van der Waals surface area (Å²) in [5, 5.41) is 50.8. The first kappa shape index (κ1) is 47.4. The molecule has 5 aromatic heterocycles. The van der Waals surface area contributed by atoms with Crippen LogP contribution in [0.15, 0.2) is 247 Å². The fraction of sp³-hybridized carbons (Fsp3) is 0. The normalized spacial score (nSPS) is 11.7. The number of para-hydroxylation sites is 2. The summed E-state index contributed by atoms with van der Waals surface area (Å²) in [5.41, 5.74) is 18.6. The van der Waals surface area contributed by atoms with Gasteiger partial charge in [0.1, 0.15) is 0 Å². The van der Waals surface area contributed by atoms with E-state index in [9.17, 15) is 21.0 Å². The van der Waals surface area contributed by atoms with Gasteiger partial charge in [-0.05, 0) is 156 Å². The summed E-state index contributed by atoms with van der Waals surface area (Å²) in [4.78, 5) is 0. The Kier molecular flexibility index (Phi) is 10.1. The van der Waals surface area contributed by atoms with E-state index >= 15 is 0 Å². The maximum absolute atomic E-state index is 10.4. The Morgan fingerprint density at radius 3 is 0.929 bits per heavy atom. The fourth-order valence-corrected chi connectivity index (χ4v) is 13.5. The van der Waals surface area contributed by atoms with Crippen LogP contribution in [0.5, 0.6) is 0 Å². The summed E-state index contributed by atoms with van der Waals surface area (Å²) in [7, 11) is 0. The lowest BCUT2D eigenvalue weighted by molar-refractivity contribution is 0.663. The van der Waals surface area contributed by atoms with Crippen molar-refractivity contribution < 1.29 is 4.42 Å². The summed E-state index contributed by atoms with van der Waals surface area (Å²) in [6.07, 6.45) is 0. The predicted molar refractivity (Wildman–Crippen MR) is 341 cm³/mol. The van der Waals surface area contributed by atoms with E-state index in [1.807, 2.05) is 109 Å². The molecular weight excluding hydrogens is 1040 g/mol. The third-order valence-electron chi connectivity index (χ3n) is 17.2. The van der Waals surface area contributed by atoms with Crippen molar-refractivity contribution in [3.8, 4) is 69.3 Å². The van der Waals surface area contributed by atoms with Crippen molar-refractivity contribution in [3.05, 3.63) is 265 Å². The Morgan fingerprint density at radius 1 is 0.235 bits per heavy atom. The molecule has 0 atom stereocenters. The molecular formula is C76H40N8O. The Hall–Kier alpha value is -12.4. The minimum absolute atomic E-state index is 0.553. The number of rotatable bonds is 6. The number of nitrogens with zero attached hydrogens (tertiary/aromatic N) is 8. The SMILES string of the molecule is N#Cc1ccc2c(c1)c1ccccc1n2-c1cc(-n2c3ccc(C#N)cc3c3cc(-c4ccccc4)ccc32)c2oc3c(-n4c5ccccc5c5cc(C#N)ccc54)cc(-n4c5ccc(C#N)cc5c5cc(-c6ccccc6)ccc54)cc3c2c1. The van der Waals surface area contributed by atoms with E-state index < -0.39 is 0 Å². The molecule has 0 unspecified atom stereocenters. The molecule has 17 rings (SSSR count). The van der Waals surface area contributed by atoms with Crippen molar-refractivity contribution >= 4 is 109 Å². The van der Waals surface area contributed by atoms with Gasteiger partial charge in [-0.1, -0.05) is 109 Å². The molecule has 17 aromatic rings. The zero-order valence-corrected chi connectivity index (χ0v) is 45.1. The third kappa shape index (κ3) is 6.94. The zero-order valence-electron chi connectivity index (χ0n) is 45.1. The van der Waals surface area contributed by atoms with Gasteiger partial charge in [0, 0.05) is 65.2 Å². The average molecular weight is 1080 g/mol. The molecule has 390 valence electrons. The lowest BCUT2D eigenvalue weighted by atomic mass is 10.0. The van der Waals surface area contributed by atoms with Crippen LogP contribution in [0.25, 0.3) is 154 Å². The number of hydrogen-bond acceptors (Lipinski definition) is 5. The van der Waals surface area contributed by atoms with Gasteiger partial charge in [0.05, 0.1) is 102 Å². The van der Waals surface area contributed by atoms with E-state index in [-0.39, 0.29) is 0 Å². The van der Waals surface area contributed by atoms with E-state index in [1.54, 1.807) is 0 Å². The molecule has 0 saturated heterocycles. The number of fused-ring (bicyclic) bond motifs is 15. The van der Waals surface area contributed by atoms with Gasteiger partial charge in [0.15, 0.2) is 11.2 Å². The second-order valence-electron chi connectivity index (χ2n) is 21.7. The topological polar surface area (TPSA) is 128 Å². The first-order chi connectivity index (χ1) is 41.9. The summed E-state index contributed by atoms with van der Waals surface area (Å²) < 4.78 is 16.9. The van der Waals surface area contributed by atoms with Crippen LogP contribution in [0.2, 0.25) is 0 Å². The van der Waals surface area contributed by atoms with Crippen molar-refractivity contribution in [1.29, 1.82) is 21.0 Å². The van der Waals surface area contributed by atoms with Gasteiger partial charge in [0.25, 0.3) is 0 Å². The maximum atomic E-state index is 10.4. The quantitative estimate of drug-likeness (QED) is 0.164. The number of furan rings is 1. The molecule has 0 N–H and O–H groups in total. The molecule has 0 radical (unpaired) electrons. The van der Waals surface area contributed by atoms with E-state index in [0.29, 0.717) is 33.4 Å². The zero-order chi connectivity index (χ0) is 56.6. The van der Waals surface area contributed by atoms with Crippen LogP contribution in [0.3, 0.4) is 0 Å². The molecule has 9 heteroatoms. The molecule has 9 nitrogen and oxygen atoms in total. The minimum Gasteiger partial charge on any atom is -0.452 e. The Balaban J connectivity index is 1.06. The fourth-order valence-electron chi connectivity index (χ4n) is 13.5. The second-order valence-corrected chi connectivity index (χ2v) is 21.7. The molecule has 5 heterocycles. The highest BCUT2D eigenvalue weighted by molar-refractivity contribution is 6.19. The highest BCUT2D eigenvalue weighted by Crippen LogP contribution is 2.47. The van der Waals surface area contributed by atoms with E-state index in [2.05, 4.69) is 176 Å². The number of benzene rings is 12. The van der Waals surface area contributed by atoms with E-state index in [1.165, 1.54) is 0 Å². The lowest BCUT2D eigenvalue weighted by Gasteiger charge is -2.14. The van der Waals surface area contributed by atoms with Crippen LogP contribution in [0.1, 0.15) is 22.3 Å².